The zero-order valence-electron chi connectivity index (χ0n) is 11.4. The van der Waals surface area contributed by atoms with Crippen LogP contribution in [-0.2, 0) is 6.42 Å². The maximum absolute atomic E-state index is 9.55. The van der Waals surface area contributed by atoms with Crippen molar-refractivity contribution in [3.8, 4) is 6.07 Å². The fourth-order valence-corrected chi connectivity index (χ4v) is 3.94. The SMILES string of the molecule is CCCC1CCC(C#N)(Cc2nc(C)cs2)CC1. The molecule has 0 saturated heterocycles. The minimum atomic E-state index is -0.130. The maximum atomic E-state index is 9.55. The Labute approximate surface area is 114 Å². The summed E-state index contributed by atoms with van der Waals surface area (Å²) in [4.78, 5) is 4.52. The molecule has 0 unspecified atom stereocenters. The first-order valence-corrected chi connectivity index (χ1v) is 7.88. The quantitative estimate of drug-likeness (QED) is 0.801. The first kappa shape index (κ1) is 13.5. The largest absolute Gasteiger partial charge is 0.247 e. The highest BCUT2D eigenvalue weighted by molar-refractivity contribution is 7.09. The van der Waals surface area contributed by atoms with Gasteiger partial charge in [0.1, 0.15) is 0 Å². The van der Waals surface area contributed by atoms with Crippen molar-refractivity contribution in [3.05, 3.63) is 16.1 Å². The number of aromatic nitrogens is 1. The Morgan fingerprint density at radius 1 is 1.50 bits per heavy atom. The first-order valence-electron chi connectivity index (χ1n) is 7.00. The lowest BCUT2D eigenvalue weighted by Gasteiger charge is -2.34. The van der Waals surface area contributed by atoms with Crippen LogP contribution in [0.1, 0.15) is 56.2 Å². The normalized spacial score (nSPS) is 27.9. The minimum Gasteiger partial charge on any atom is -0.247 e. The average Bonchev–Trinajstić information content (AvgIpc) is 2.78. The summed E-state index contributed by atoms with van der Waals surface area (Å²) in [6.07, 6.45) is 8.05. The lowest BCUT2D eigenvalue weighted by molar-refractivity contribution is 0.200. The average molecular weight is 262 g/mol. The molecule has 1 heterocycles. The number of hydrogen-bond acceptors (Lipinski definition) is 3. The van der Waals surface area contributed by atoms with Crippen LogP contribution < -0.4 is 0 Å². The van der Waals surface area contributed by atoms with Crippen LogP contribution in [0.3, 0.4) is 0 Å². The molecule has 2 nitrogen and oxygen atoms in total. The summed E-state index contributed by atoms with van der Waals surface area (Å²) in [7, 11) is 0. The second kappa shape index (κ2) is 5.84. The van der Waals surface area contributed by atoms with Crippen LogP contribution in [-0.4, -0.2) is 4.98 Å². The summed E-state index contributed by atoms with van der Waals surface area (Å²) in [5.41, 5.74) is 0.955. The molecule has 18 heavy (non-hydrogen) atoms. The Kier molecular flexibility index (Phi) is 4.40. The van der Waals surface area contributed by atoms with Crippen molar-refractivity contribution < 1.29 is 0 Å². The van der Waals surface area contributed by atoms with Crippen LogP contribution in [0, 0.1) is 29.6 Å². The molecule has 1 fully saturated rings. The second-order valence-corrected chi connectivity index (χ2v) is 6.63. The van der Waals surface area contributed by atoms with Gasteiger partial charge in [-0.05, 0) is 38.5 Å². The van der Waals surface area contributed by atoms with E-state index in [4.69, 9.17) is 0 Å². The number of nitriles is 1. The maximum Gasteiger partial charge on any atom is 0.0944 e. The summed E-state index contributed by atoms with van der Waals surface area (Å²) in [5, 5.41) is 12.8. The van der Waals surface area contributed by atoms with Crippen molar-refractivity contribution >= 4 is 11.3 Å². The Hall–Kier alpha value is -0.880. The molecule has 0 N–H and O–H groups in total. The molecule has 0 amide bonds. The smallest absolute Gasteiger partial charge is 0.0944 e. The molecule has 98 valence electrons. The number of rotatable bonds is 4. The Morgan fingerprint density at radius 3 is 2.72 bits per heavy atom. The highest BCUT2D eigenvalue weighted by Crippen LogP contribution is 2.42. The third-order valence-electron chi connectivity index (χ3n) is 4.15. The van der Waals surface area contributed by atoms with Gasteiger partial charge >= 0.3 is 0 Å². The lowest BCUT2D eigenvalue weighted by Crippen LogP contribution is -2.28. The van der Waals surface area contributed by atoms with Crippen LogP contribution in [0.5, 0.6) is 0 Å². The predicted molar refractivity (Wildman–Crippen MR) is 75.5 cm³/mol. The van der Waals surface area contributed by atoms with Gasteiger partial charge in [-0.15, -0.1) is 11.3 Å². The topological polar surface area (TPSA) is 36.7 Å². The number of nitrogens with zero attached hydrogens (tertiary/aromatic N) is 2. The van der Waals surface area contributed by atoms with Crippen molar-refractivity contribution in [2.24, 2.45) is 11.3 Å². The molecule has 0 aromatic carbocycles. The van der Waals surface area contributed by atoms with E-state index < -0.39 is 0 Å². The summed E-state index contributed by atoms with van der Waals surface area (Å²) < 4.78 is 0. The van der Waals surface area contributed by atoms with E-state index in [1.807, 2.05) is 6.92 Å². The van der Waals surface area contributed by atoms with Gasteiger partial charge in [0.2, 0.25) is 0 Å². The Morgan fingerprint density at radius 2 is 2.22 bits per heavy atom. The molecule has 3 heteroatoms. The predicted octanol–water partition coefficient (Wildman–Crippen LogP) is 4.49. The van der Waals surface area contributed by atoms with Gasteiger partial charge in [0, 0.05) is 17.5 Å². The summed E-state index contributed by atoms with van der Waals surface area (Å²) in [6.45, 7) is 4.28. The van der Waals surface area contributed by atoms with Gasteiger partial charge < -0.3 is 0 Å². The molecule has 1 aromatic rings. The third-order valence-corrected chi connectivity index (χ3v) is 5.12. The van der Waals surface area contributed by atoms with Crippen LogP contribution in [0.4, 0.5) is 0 Å². The number of thiazole rings is 1. The van der Waals surface area contributed by atoms with E-state index in [0.29, 0.717) is 0 Å². The van der Waals surface area contributed by atoms with Crippen molar-refractivity contribution in [1.29, 1.82) is 5.26 Å². The van der Waals surface area contributed by atoms with Crippen LogP contribution in [0.25, 0.3) is 0 Å². The fraction of sp³-hybridized carbons (Fsp3) is 0.733. The van der Waals surface area contributed by atoms with E-state index in [-0.39, 0.29) is 5.41 Å². The minimum absolute atomic E-state index is 0.130. The van der Waals surface area contributed by atoms with Crippen molar-refractivity contribution in [2.75, 3.05) is 0 Å². The first-order chi connectivity index (χ1) is 8.67. The van der Waals surface area contributed by atoms with Crippen molar-refractivity contribution in [2.45, 2.75) is 58.8 Å². The van der Waals surface area contributed by atoms with Crippen LogP contribution in [0.2, 0.25) is 0 Å². The molecule has 1 aromatic heterocycles. The highest BCUT2D eigenvalue weighted by atomic mass is 32.1. The summed E-state index contributed by atoms with van der Waals surface area (Å²) in [6, 6.07) is 2.60. The van der Waals surface area contributed by atoms with Gasteiger partial charge in [0.25, 0.3) is 0 Å². The fourth-order valence-electron chi connectivity index (χ4n) is 3.03. The molecule has 2 rings (SSSR count). The Balaban J connectivity index is 1.99. The molecular weight excluding hydrogens is 240 g/mol. The lowest BCUT2D eigenvalue weighted by atomic mass is 9.69. The van der Waals surface area contributed by atoms with Crippen molar-refractivity contribution in [3.63, 3.8) is 0 Å². The number of hydrogen-bond donors (Lipinski definition) is 0. The second-order valence-electron chi connectivity index (χ2n) is 5.68. The zero-order valence-corrected chi connectivity index (χ0v) is 12.2. The molecule has 1 aliphatic carbocycles. The Bertz CT molecular complexity index is 422. The standard InChI is InChI=1S/C15H22N2S/c1-3-4-13-5-7-15(11-16,8-6-13)9-14-17-12(2)10-18-14/h10,13H,3-9H2,1-2H3. The van der Waals surface area contributed by atoms with E-state index in [2.05, 4.69) is 23.4 Å². The molecule has 0 aliphatic heterocycles. The van der Waals surface area contributed by atoms with Gasteiger partial charge in [0.05, 0.1) is 16.5 Å². The molecule has 1 saturated carbocycles. The van der Waals surface area contributed by atoms with E-state index in [1.54, 1.807) is 11.3 Å². The van der Waals surface area contributed by atoms with Crippen molar-refractivity contribution in [1.82, 2.24) is 4.98 Å². The summed E-state index contributed by atoms with van der Waals surface area (Å²) >= 11 is 1.71. The van der Waals surface area contributed by atoms with E-state index in [1.165, 1.54) is 25.7 Å². The molecule has 0 radical (unpaired) electrons. The summed E-state index contributed by atoms with van der Waals surface area (Å²) in [5.74, 6) is 0.856. The molecule has 1 aliphatic rings. The van der Waals surface area contributed by atoms with Crippen LogP contribution >= 0.6 is 11.3 Å². The highest BCUT2D eigenvalue weighted by Gasteiger charge is 2.36. The van der Waals surface area contributed by atoms with Gasteiger partial charge in [-0.2, -0.15) is 5.26 Å². The van der Waals surface area contributed by atoms with Gasteiger partial charge in [-0.1, -0.05) is 19.8 Å². The molecule has 0 spiro atoms. The van der Waals surface area contributed by atoms with Gasteiger partial charge in [-0.3, -0.25) is 0 Å². The van der Waals surface area contributed by atoms with Crippen LogP contribution in [0.15, 0.2) is 5.38 Å². The van der Waals surface area contributed by atoms with E-state index in [0.717, 1.165) is 35.9 Å². The molecule has 0 atom stereocenters. The third kappa shape index (κ3) is 3.11. The zero-order chi connectivity index (χ0) is 13.0. The van der Waals surface area contributed by atoms with Gasteiger partial charge in [-0.25, -0.2) is 4.98 Å². The monoisotopic (exact) mass is 262 g/mol. The molecular formula is C15H22N2S. The molecule has 0 bridgehead atoms. The van der Waals surface area contributed by atoms with Gasteiger partial charge in [0.15, 0.2) is 0 Å². The van der Waals surface area contributed by atoms with E-state index >= 15 is 0 Å². The number of aryl methyl sites for hydroxylation is 1. The van der Waals surface area contributed by atoms with E-state index in [9.17, 15) is 5.26 Å².